The summed E-state index contributed by atoms with van der Waals surface area (Å²) >= 11 is 11.3. The molecule has 104 valence electrons. The summed E-state index contributed by atoms with van der Waals surface area (Å²) in [6, 6.07) is 7.72. The molecule has 1 heterocycles. The molecule has 2 aromatic rings. The van der Waals surface area contributed by atoms with Crippen molar-refractivity contribution in [2.45, 2.75) is 20.8 Å². The summed E-state index contributed by atoms with van der Waals surface area (Å²) in [6.07, 6.45) is 0. The Bertz CT molecular complexity index is 683. The third-order valence-electron chi connectivity index (χ3n) is 2.97. The number of anilines is 2. The van der Waals surface area contributed by atoms with E-state index in [0.717, 1.165) is 33.9 Å². The number of benzene rings is 1. The summed E-state index contributed by atoms with van der Waals surface area (Å²) in [5, 5.41) is 3.95. The third kappa shape index (κ3) is 3.08. The maximum Gasteiger partial charge on any atom is 0.107 e. The highest BCUT2D eigenvalue weighted by atomic mass is 35.5. The predicted molar refractivity (Wildman–Crippen MR) is 89.1 cm³/mol. The zero-order valence-electron chi connectivity index (χ0n) is 11.6. The summed E-state index contributed by atoms with van der Waals surface area (Å²) in [5.41, 5.74) is 11.0. The zero-order chi connectivity index (χ0) is 14.9. The Kier molecular flexibility index (Phi) is 4.26. The molecule has 0 saturated heterocycles. The molecular weight excluding hydrogens is 290 g/mol. The van der Waals surface area contributed by atoms with Crippen molar-refractivity contribution < 1.29 is 0 Å². The van der Waals surface area contributed by atoms with Crippen LogP contribution in [0.4, 0.5) is 11.4 Å². The number of aryl methyl sites for hydroxylation is 3. The molecule has 3 N–H and O–H groups in total. The lowest BCUT2D eigenvalue weighted by molar-refractivity contribution is 1.12. The molecule has 0 spiro atoms. The van der Waals surface area contributed by atoms with Gasteiger partial charge in [0.2, 0.25) is 0 Å². The van der Waals surface area contributed by atoms with E-state index < -0.39 is 0 Å². The van der Waals surface area contributed by atoms with Crippen molar-refractivity contribution in [2.75, 3.05) is 5.32 Å². The molecular formula is C15H16ClN3S. The first kappa shape index (κ1) is 14.8. The van der Waals surface area contributed by atoms with Crippen molar-refractivity contribution in [1.82, 2.24) is 4.98 Å². The SMILES string of the molecule is Cc1ccc(Cl)c(Nc2cc(C)nc(C)c2C(N)=S)c1. The van der Waals surface area contributed by atoms with Crippen molar-refractivity contribution in [3.8, 4) is 0 Å². The van der Waals surface area contributed by atoms with Crippen LogP contribution in [0.25, 0.3) is 0 Å². The van der Waals surface area contributed by atoms with Gasteiger partial charge in [0.05, 0.1) is 22.0 Å². The van der Waals surface area contributed by atoms with Crippen molar-refractivity contribution in [2.24, 2.45) is 5.73 Å². The van der Waals surface area contributed by atoms with E-state index in [9.17, 15) is 0 Å². The second kappa shape index (κ2) is 5.77. The first-order chi connectivity index (χ1) is 9.38. The number of rotatable bonds is 3. The summed E-state index contributed by atoms with van der Waals surface area (Å²) < 4.78 is 0. The predicted octanol–water partition coefficient (Wildman–Crippen LogP) is 4.04. The zero-order valence-corrected chi connectivity index (χ0v) is 13.2. The van der Waals surface area contributed by atoms with Crippen LogP contribution in [0, 0.1) is 20.8 Å². The number of thiocarbonyl (C=S) groups is 1. The quantitative estimate of drug-likeness (QED) is 0.840. The van der Waals surface area contributed by atoms with Gasteiger partial charge in [0.15, 0.2) is 0 Å². The Balaban J connectivity index is 2.53. The van der Waals surface area contributed by atoms with E-state index in [-0.39, 0.29) is 0 Å². The van der Waals surface area contributed by atoms with Gasteiger partial charge in [-0.05, 0) is 44.5 Å². The molecule has 0 aliphatic heterocycles. The molecule has 0 bridgehead atoms. The number of halogens is 1. The van der Waals surface area contributed by atoms with Crippen LogP contribution < -0.4 is 11.1 Å². The number of pyridine rings is 1. The van der Waals surface area contributed by atoms with Crippen molar-refractivity contribution in [3.63, 3.8) is 0 Å². The lowest BCUT2D eigenvalue weighted by Gasteiger charge is -2.15. The van der Waals surface area contributed by atoms with Gasteiger partial charge in [-0.3, -0.25) is 4.98 Å². The number of nitrogens with zero attached hydrogens (tertiary/aromatic N) is 1. The van der Waals surface area contributed by atoms with Gasteiger partial charge in [-0.2, -0.15) is 0 Å². The van der Waals surface area contributed by atoms with Crippen LogP contribution >= 0.6 is 23.8 Å². The maximum atomic E-state index is 6.22. The van der Waals surface area contributed by atoms with Crippen molar-refractivity contribution in [3.05, 3.63) is 51.8 Å². The van der Waals surface area contributed by atoms with Crippen molar-refractivity contribution >= 4 is 40.2 Å². The molecule has 3 nitrogen and oxygen atoms in total. The van der Waals surface area contributed by atoms with Crippen LogP contribution in [-0.4, -0.2) is 9.97 Å². The number of nitrogens with two attached hydrogens (primary N) is 1. The number of nitrogens with one attached hydrogen (secondary N) is 1. The molecule has 0 atom stereocenters. The third-order valence-corrected chi connectivity index (χ3v) is 3.50. The molecule has 0 aliphatic rings. The van der Waals surface area contributed by atoms with Crippen LogP contribution in [0.3, 0.4) is 0 Å². The van der Waals surface area contributed by atoms with E-state index in [0.29, 0.717) is 10.0 Å². The number of hydrogen-bond donors (Lipinski definition) is 2. The Morgan fingerprint density at radius 1 is 1.20 bits per heavy atom. The topological polar surface area (TPSA) is 50.9 Å². The molecule has 0 radical (unpaired) electrons. The fourth-order valence-corrected chi connectivity index (χ4v) is 2.54. The Hall–Kier alpha value is -1.65. The highest BCUT2D eigenvalue weighted by molar-refractivity contribution is 7.80. The monoisotopic (exact) mass is 305 g/mol. The second-order valence-electron chi connectivity index (χ2n) is 4.74. The molecule has 0 aliphatic carbocycles. The average molecular weight is 306 g/mol. The summed E-state index contributed by atoms with van der Waals surface area (Å²) in [4.78, 5) is 4.72. The smallest absolute Gasteiger partial charge is 0.107 e. The van der Waals surface area contributed by atoms with E-state index in [1.54, 1.807) is 0 Å². The van der Waals surface area contributed by atoms with Gasteiger partial charge in [-0.25, -0.2) is 0 Å². The standard InChI is InChI=1S/C15H16ClN3S/c1-8-4-5-11(16)12(6-8)19-13-7-9(2)18-10(3)14(13)15(17)20/h4-7H,1-3H3,(H2,17,20)(H,18,19). The molecule has 5 heteroatoms. The van der Waals surface area contributed by atoms with Crippen LogP contribution in [0.2, 0.25) is 5.02 Å². The first-order valence-corrected chi connectivity index (χ1v) is 6.98. The normalized spacial score (nSPS) is 10.4. The lowest BCUT2D eigenvalue weighted by Crippen LogP contribution is -2.15. The van der Waals surface area contributed by atoms with E-state index in [1.807, 2.05) is 45.0 Å². The van der Waals surface area contributed by atoms with Gasteiger partial charge in [0.25, 0.3) is 0 Å². The Morgan fingerprint density at radius 2 is 1.90 bits per heavy atom. The summed E-state index contributed by atoms with van der Waals surface area (Å²) in [7, 11) is 0. The molecule has 0 fully saturated rings. The van der Waals surface area contributed by atoms with E-state index in [4.69, 9.17) is 29.6 Å². The van der Waals surface area contributed by atoms with Crippen LogP contribution in [0.1, 0.15) is 22.5 Å². The molecule has 0 unspecified atom stereocenters. The van der Waals surface area contributed by atoms with Gasteiger partial charge in [0, 0.05) is 11.4 Å². The molecule has 0 amide bonds. The fourth-order valence-electron chi connectivity index (χ4n) is 2.12. The van der Waals surface area contributed by atoms with Gasteiger partial charge >= 0.3 is 0 Å². The van der Waals surface area contributed by atoms with Crippen LogP contribution in [0.15, 0.2) is 24.3 Å². The highest BCUT2D eigenvalue weighted by Crippen LogP contribution is 2.29. The second-order valence-corrected chi connectivity index (χ2v) is 5.59. The molecule has 0 saturated carbocycles. The van der Waals surface area contributed by atoms with Crippen LogP contribution in [-0.2, 0) is 0 Å². The molecule has 1 aromatic heterocycles. The number of aromatic nitrogens is 1. The summed E-state index contributed by atoms with van der Waals surface area (Å²) in [6.45, 7) is 5.84. The molecule has 20 heavy (non-hydrogen) atoms. The maximum absolute atomic E-state index is 6.22. The minimum Gasteiger partial charge on any atom is -0.389 e. The van der Waals surface area contributed by atoms with E-state index >= 15 is 0 Å². The van der Waals surface area contributed by atoms with Gasteiger partial charge in [0.1, 0.15) is 4.99 Å². The molecule has 2 rings (SSSR count). The summed E-state index contributed by atoms with van der Waals surface area (Å²) in [5.74, 6) is 0. The highest BCUT2D eigenvalue weighted by Gasteiger charge is 2.12. The molecule has 1 aromatic carbocycles. The van der Waals surface area contributed by atoms with Gasteiger partial charge in [-0.15, -0.1) is 0 Å². The lowest BCUT2D eigenvalue weighted by atomic mass is 10.1. The Labute approximate surface area is 129 Å². The van der Waals surface area contributed by atoms with Crippen LogP contribution in [0.5, 0.6) is 0 Å². The number of hydrogen-bond acceptors (Lipinski definition) is 3. The van der Waals surface area contributed by atoms with E-state index in [1.165, 1.54) is 0 Å². The first-order valence-electron chi connectivity index (χ1n) is 6.19. The van der Waals surface area contributed by atoms with Gasteiger partial charge < -0.3 is 11.1 Å². The minimum atomic E-state index is 0.321. The Morgan fingerprint density at radius 3 is 2.55 bits per heavy atom. The minimum absolute atomic E-state index is 0.321. The van der Waals surface area contributed by atoms with Gasteiger partial charge in [-0.1, -0.05) is 29.9 Å². The fraction of sp³-hybridized carbons (Fsp3) is 0.200. The van der Waals surface area contributed by atoms with Crippen molar-refractivity contribution in [1.29, 1.82) is 0 Å². The largest absolute Gasteiger partial charge is 0.389 e. The average Bonchev–Trinajstić information content (AvgIpc) is 2.32. The van der Waals surface area contributed by atoms with E-state index in [2.05, 4.69) is 10.3 Å².